The summed E-state index contributed by atoms with van der Waals surface area (Å²) in [6.07, 6.45) is -3.22. The highest BCUT2D eigenvalue weighted by atomic mass is 19.3. The number of hydrogen-bond donors (Lipinski definition) is 0. The molecule has 0 N–H and O–H groups in total. The van der Waals surface area contributed by atoms with E-state index in [1.54, 1.807) is 0 Å². The quantitative estimate of drug-likeness (QED) is 0.640. The Morgan fingerprint density at radius 1 is 1.29 bits per heavy atom. The van der Waals surface area contributed by atoms with E-state index >= 15 is 0 Å². The Balaban J connectivity index is 2.13. The Bertz CT molecular complexity index is 264. The number of hydrogen-bond acceptors (Lipinski definition) is 1. The molecule has 0 heterocycles. The van der Waals surface area contributed by atoms with Crippen molar-refractivity contribution >= 4 is 5.78 Å². The molecule has 0 saturated heterocycles. The second kappa shape index (κ2) is 2.94. The smallest absolute Gasteiger partial charge is 0.299 e. The summed E-state index contributed by atoms with van der Waals surface area (Å²) < 4.78 is 50.1. The molecule has 2 aliphatic rings. The predicted molar refractivity (Wildman–Crippen MR) is 40.3 cm³/mol. The standard InChI is InChI=1S/C9H10F4O/c10-8(11)9(12,13)6-2-5-1-4(6)3-7(5)14/h4-6,8H,1-3H2. The van der Waals surface area contributed by atoms with E-state index in [0.29, 0.717) is 6.42 Å². The van der Waals surface area contributed by atoms with Crippen molar-refractivity contribution in [1.29, 1.82) is 0 Å². The molecule has 80 valence electrons. The molecule has 1 nitrogen and oxygen atoms in total. The van der Waals surface area contributed by atoms with Gasteiger partial charge in [0.05, 0.1) is 0 Å². The minimum Gasteiger partial charge on any atom is -0.299 e. The summed E-state index contributed by atoms with van der Waals surface area (Å²) >= 11 is 0. The number of ketones is 1. The first-order chi connectivity index (χ1) is 6.43. The van der Waals surface area contributed by atoms with Gasteiger partial charge in [-0.25, -0.2) is 8.78 Å². The largest absolute Gasteiger partial charge is 0.310 e. The normalized spacial score (nSPS) is 37.2. The summed E-state index contributed by atoms with van der Waals surface area (Å²) in [5, 5.41) is 0. The van der Waals surface area contributed by atoms with Crippen molar-refractivity contribution in [2.45, 2.75) is 31.6 Å². The van der Waals surface area contributed by atoms with Crippen LogP contribution in [0.2, 0.25) is 0 Å². The maximum absolute atomic E-state index is 13.0. The van der Waals surface area contributed by atoms with E-state index in [-0.39, 0.29) is 24.5 Å². The summed E-state index contributed by atoms with van der Waals surface area (Å²) in [6.45, 7) is 0. The molecule has 0 spiro atoms. The zero-order valence-electron chi connectivity index (χ0n) is 7.35. The third-order valence-corrected chi connectivity index (χ3v) is 3.40. The Hall–Kier alpha value is -0.610. The zero-order chi connectivity index (χ0) is 10.5. The fourth-order valence-corrected chi connectivity index (χ4v) is 2.67. The predicted octanol–water partition coefficient (Wildman–Crippen LogP) is 2.50. The lowest BCUT2D eigenvalue weighted by Crippen LogP contribution is -2.40. The van der Waals surface area contributed by atoms with Gasteiger partial charge in [0.25, 0.3) is 0 Å². The Kier molecular flexibility index (Phi) is 2.08. The Morgan fingerprint density at radius 3 is 2.29 bits per heavy atom. The highest BCUT2D eigenvalue weighted by molar-refractivity contribution is 5.84. The molecule has 0 amide bonds. The molecule has 14 heavy (non-hydrogen) atoms. The van der Waals surface area contributed by atoms with Gasteiger partial charge in [-0.1, -0.05) is 0 Å². The summed E-state index contributed by atoms with van der Waals surface area (Å²) in [5.41, 5.74) is 0. The van der Waals surface area contributed by atoms with Gasteiger partial charge in [0, 0.05) is 18.3 Å². The average Bonchev–Trinajstić information content (AvgIpc) is 2.61. The van der Waals surface area contributed by atoms with Gasteiger partial charge in [-0.3, -0.25) is 4.79 Å². The maximum Gasteiger partial charge on any atom is 0.310 e. The van der Waals surface area contributed by atoms with Crippen LogP contribution in [0, 0.1) is 17.8 Å². The van der Waals surface area contributed by atoms with E-state index in [2.05, 4.69) is 0 Å². The van der Waals surface area contributed by atoms with Gasteiger partial charge in [0.1, 0.15) is 5.78 Å². The number of carbonyl (C=O) groups excluding carboxylic acids is 1. The lowest BCUT2D eigenvalue weighted by atomic mass is 9.83. The number of halogens is 4. The maximum atomic E-state index is 13.0. The number of fused-ring (bicyclic) bond motifs is 2. The van der Waals surface area contributed by atoms with Crippen molar-refractivity contribution in [3.05, 3.63) is 0 Å². The lowest BCUT2D eigenvalue weighted by molar-refractivity contribution is -0.177. The van der Waals surface area contributed by atoms with Crippen LogP contribution in [0.15, 0.2) is 0 Å². The molecule has 0 aromatic carbocycles. The second-order valence-electron chi connectivity index (χ2n) is 4.18. The third-order valence-electron chi connectivity index (χ3n) is 3.40. The highest BCUT2D eigenvalue weighted by Gasteiger charge is 2.59. The first kappa shape index (κ1) is 9.93. The van der Waals surface area contributed by atoms with Crippen LogP contribution in [0.4, 0.5) is 17.6 Å². The minimum absolute atomic E-state index is 0.0312. The van der Waals surface area contributed by atoms with Crippen molar-refractivity contribution < 1.29 is 22.4 Å². The zero-order valence-corrected chi connectivity index (χ0v) is 7.35. The number of carbonyl (C=O) groups is 1. The second-order valence-corrected chi connectivity index (χ2v) is 4.18. The molecule has 5 heteroatoms. The summed E-state index contributed by atoms with van der Waals surface area (Å²) in [4.78, 5) is 11.0. The molecule has 0 aliphatic heterocycles. The van der Waals surface area contributed by atoms with Crippen LogP contribution in [-0.2, 0) is 4.79 Å². The first-order valence-electron chi connectivity index (χ1n) is 4.61. The van der Waals surface area contributed by atoms with Crippen LogP contribution >= 0.6 is 0 Å². The van der Waals surface area contributed by atoms with Crippen molar-refractivity contribution in [2.24, 2.45) is 17.8 Å². The van der Waals surface area contributed by atoms with Gasteiger partial charge >= 0.3 is 12.3 Å². The van der Waals surface area contributed by atoms with Gasteiger partial charge in [0.2, 0.25) is 0 Å². The third kappa shape index (κ3) is 1.25. The minimum atomic E-state index is -3.92. The Labute approximate surface area is 78.5 Å². The van der Waals surface area contributed by atoms with E-state index in [9.17, 15) is 22.4 Å². The fraction of sp³-hybridized carbons (Fsp3) is 0.889. The summed E-state index contributed by atoms with van der Waals surface area (Å²) in [7, 11) is 0. The molecule has 2 aliphatic carbocycles. The van der Waals surface area contributed by atoms with Gasteiger partial charge in [-0.2, -0.15) is 8.78 Å². The van der Waals surface area contributed by atoms with Crippen LogP contribution in [-0.4, -0.2) is 18.1 Å². The van der Waals surface area contributed by atoms with Crippen LogP contribution in [0.5, 0.6) is 0 Å². The number of alkyl halides is 4. The topological polar surface area (TPSA) is 17.1 Å². The van der Waals surface area contributed by atoms with E-state index < -0.39 is 24.2 Å². The van der Waals surface area contributed by atoms with Crippen molar-refractivity contribution in [3.63, 3.8) is 0 Å². The molecule has 3 unspecified atom stereocenters. The monoisotopic (exact) mass is 210 g/mol. The van der Waals surface area contributed by atoms with Crippen molar-refractivity contribution in [2.75, 3.05) is 0 Å². The molecule has 2 rings (SSSR count). The lowest BCUT2D eigenvalue weighted by Gasteiger charge is -2.28. The molecule has 0 radical (unpaired) electrons. The number of Topliss-reactive ketones (excluding diaryl/α,β-unsaturated/α-hetero) is 1. The SMILES string of the molecule is O=C1CC2CC1CC2C(F)(F)C(F)F. The van der Waals surface area contributed by atoms with E-state index in [0.717, 1.165) is 0 Å². The van der Waals surface area contributed by atoms with E-state index in [1.807, 2.05) is 0 Å². The molecule has 3 atom stereocenters. The molecule has 0 aromatic heterocycles. The molecule has 2 saturated carbocycles. The molecule has 2 fully saturated rings. The van der Waals surface area contributed by atoms with Gasteiger partial charge < -0.3 is 0 Å². The van der Waals surface area contributed by atoms with Crippen molar-refractivity contribution in [1.82, 2.24) is 0 Å². The molecule has 0 aromatic rings. The molecular weight excluding hydrogens is 200 g/mol. The van der Waals surface area contributed by atoms with Crippen LogP contribution in [0.1, 0.15) is 19.3 Å². The summed E-state index contributed by atoms with van der Waals surface area (Å²) in [6, 6.07) is 0. The summed E-state index contributed by atoms with van der Waals surface area (Å²) in [5.74, 6) is -6.13. The highest BCUT2D eigenvalue weighted by Crippen LogP contribution is 2.53. The number of rotatable bonds is 2. The van der Waals surface area contributed by atoms with Gasteiger partial charge in [-0.05, 0) is 18.8 Å². The van der Waals surface area contributed by atoms with E-state index in [1.165, 1.54) is 0 Å². The first-order valence-corrected chi connectivity index (χ1v) is 4.61. The fourth-order valence-electron chi connectivity index (χ4n) is 2.67. The Morgan fingerprint density at radius 2 is 1.93 bits per heavy atom. The van der Waals surface area contributed by atoms with E-state index in [4.69, 9.17) is 0 Å². The van der Waals surface area contributed by atoms with Crippen LogP contribution in [0.25, 0.3) is 0 Å². The van der Waals surface area contributed by atoms with Crippen LogP contribution in [0.3, 0.4) is 0 Å². The van der Waals surface area contributed by atoms with Gasteiger partial charge in [-0.15, -0.1) is 0 Å². The van der Waals surface area contributed by atoms with Gasteiger partial charge in [0.15, 0.2) is 0 Å². The molecule has 2 bridgehead atoms. The van der Waals surface area contributed by atoms with Crippen molar-refractivity contribution in [3.8, 4) is 0 Å². The van der Waals surface area contributed by atoms with Crippen LogP contribution < -0.4 is 0 Å². The molecular formula is C9H10F4O. The average molecular weight is 210 g/mol.